The molecular weight excluding hydrogens is 332 g/mol. The fraction of sp³-hybridized carbons (Fsp3) is 0.960. The average Bonchev–Trinajstić information content (AvgIpc) is 2.67. The fourth-order valence-corrected chi connectivity index (χ4v) is 3.72. The first-order valence-electron chi connectivity index (χ1n) is 12.4. The van der Waals surface area contributed by atoms with Crippen molar-refractivity contribution >= 4 is 5.97 Å². The molecule has 0 bridgehead atoms. The van der Waals surface area contributed by atoms with Crippen LogP contribution in [0.3, 0.4) is 0 Å². The van der Waals surface area contributed by atoms with Crippen LogP contribution in [0.15, 0.2) is 0 Å². The highest BCUT2D eigenvalue weighted by molar-refractivity contribution is 5.69. The number of ether oxygens (including phenoxy) is 1. The van der Waals surface area contributed by atoms with Crippen LogP contribution in [0.5, 0.6) is 0 Å². The summed E-state index contributed by atoms with van der Waals surface area (Å²) in [4.78, 5) is 12.0. The van der Waals surface area contributed by atoms with E-state index in [4.69, 9.17) is 4.74 Å². The summed E-state index contributed by atoms with van der Waals surface area (Å²) in [6.07, 6.45) is 23.8. The van der Waals surface area contributed by atoms with Gasteiger partial charge in [0.25, 0.3) is 0 Å². The van der Waals surface area contributed by atoms with Crippen molar-refractivity contribution in [2.75, 3.05) is 6.61 Å². The van der Waals surface area contributed by atoms with Crippen LogP contribution in [0.25, 0.3) is 0 Å². The van der Waals surface area contributed by atoms with Crippen molar-refractivity contribution < 1.29 is 9.53 Å². The predicted octanol–water partition coefficient (Wildman–Crippen LogP) is 8.62. The van der Waals surface area contributed by atoms with Gasteiger partial charge in [-0.25, -0.2) is 0 Å². The molecule has 0 heterocycles. The van der Waals surface area contributed by atoms with E-state index in [2.05, 4.69) is 20.8 Å². The molecule has 0 rings (SSSR count). The third kappa shape index (κ3) is 20.0. The molecule has 162 valence electrons. The van der Waals surface area contributed by atoms with Gasteiger partial charge >= 0.3 is 5.97 Å². The number of unbranched alkanes of at least 4 members (excludes halogenated alkanes) is 13. The molecule has 0 aliphatic heterocycles. The zero-order chi connectivity index (χ0) is 20.0. The molecule has 0 spiro atoms. The van der Waals surface area contributed by atoms with Gasteiger partial charge in [-0.15, -0.1) is 0 Å². The van der Waals surface area contributed by atoms with E-state index >= 15 is 0 Å². The molecule has 0 aromatic rings. The van der Waals surface area contributed by atoms with Crippen LogP contribution in [0.1, 0.15) is 143 Å². The monoisotopic (exact) mass is 382 g/mol. The van der Waals surface area contributed by atoms with Gasteiger partial charge in [0.1, 0.15) is 0 Å². The SMILES string of the molecule is CCCCCCCCCCC(=O)OCC(CCCCC)CCCCCCC. The van der Waals surface area contributed by atoms with Crippen LogP contribution in [0.2, 0.25) is 0 Å². The molecule has 0 aromatic heterocycles. The second kappa shape index (κ2) is 21.8. The molecular formula is C25H50O2. The zero-order valence-corrected chi connectivity index (χ0v) is 19.0. The maximum Gasteiger partial charge on any atom is 0.305 e. The minimum atomic E-state index is 0.0347. The van der Waals surface area contributed by atoms with Gasteiger partial charge in [0.15, 0.2) is 0 Å². The van der Waals surface area contributed by atoms with Crippen LogP contribution >= 0.6 is 0 Å². The van der Waals surface area contributed by atoms with Crippen molar-refractivity contribution in [3.63, 3.8) is 0 Å². The Balaban J connectivity index is 3.77. The van der Waals surface area contributed by atoms with Gasteiger partial charge in [-0.3, -0.25) is 4.79 Å². The third-order valence-corrected chi connectivity index (χ3v) is 5.65. The van der Waals surface area contributed by atoms with Crippen LogP contribution in [0, 0.1) is 5.92 Å². The Morgan fingerprint density at radius 1 is 0.593 bits per heavy atom. The number of esters is 1. The largest absolute Gasteiger partial charge is 0.465 e. The Morgan fingerprint density at radius 2 is 1.00 bits per heavy atom. The van der Waals surface area contributed by atoms with Crippen LogP contribution in [-0.4, -0.2) is 12.6 Å². The molecule has 0 fully saturated rings. The lowest BCUT2D eigenvalue weighted by molar-refractivity contribution is -0.145. The number of carbonyl (C=O) groups excluding carboxylic acids is 1. The van der Waals surface area contributed by atoms with Crippen molar-refractivity contribution in [2.45, 2.75) is 143 Å². The number of hydrogen-bond donors (Lipinski definition) is 0. The Morgan fingerprint density at radius 3 is 1.56 bits per heavy atom. The van der Waals surface area contributed by atoms with E-state index < -0.39 is 0 Å². The van der Waals surface area contributed by atoms with E-state index in [9.17, 15) is 4.79 Å². The molecule has 2 nitrogen and oxygen atoms in total. The topological polar surface area (TPSA) is 26.3 Å². The number of rotatable bonds is 21. The quantitative estimate of drug-likeness (QED) is 0.147. The maximum atomic E-state index is 12.0. The van der Waals surface area contributed by atoms with Gasteiger partial charge in [-0.05, 0) is 25.2 Å². The van der Waals surface area contributed by atoms with E-state index in [1.807, 2.05) is 0 Å². The zero-order valence-electron chi connectivity index (χ0n) is 19.0. The summed E-state index contributed by atoms with van der Waals surface area (Å²) in [5.41, 5.74) is 0. The molecule has 2 heteroatoms. The molecule has 0 saturated heterocycles. The smallest absolute Gasteiger partial charge is 0.305 e. The van der Waals surface area contributed by atoms with Gasteiger partial charge in [0, 0.05) is 6.42 Å². The van der Waals surface area contributed by atoms with Crippen molar-refractivity contribution in [1.82, 2.24) is 0 Å². The molecule has 0 amide bonds. The standard InChI is InChI=1S/C25H50O2/c1-4-7-10-12-13-14-16-19-22-25(26)27-23-24(20-17-9-6-3)21-18-15-11-8-5-2/h24H,4-23H2,1-3H3. The first kappa shape index (κ1) is 26.5. The molecule has 1 atom stereocenters. The van der Waals surface area contributed by atoms with Crippen molar-refractivity contribution in [3.8, 4) is 0 Å². The summed E-state index contributed by atoms with van der Waals surface area (Å²) in [7, 11) is 0. The third-order valence-electron chi connectivity index (χ3n) is 5.65. The van der Waals surface area contributed by atoms with Gasteiger partial charge < -0.3 is 4.74 Å². The molecule has 0 aromatic carbocycles. The highest BCUT2D eigenvalue weighted by Crippen LogP contribution is 2.19. The maximum absolute atomic E-state index is 12.0. The Kier molecular flexibility index (Phi) is 21.3. The van der Waals surface area contributed by atoms with E-state index in [-0.39, 0.29) is 5.97 Å². The van der Waals surface area contributed by atoms with Gasteiger partial charge in [0.2, 0.25) is 0 Å². The van der Waals surface area contributed by atoms with Crippen molar-refractivity contribution in [1.29, 1.82) is 0 Å². The second-order valence-corrected chi connectivity index (χ2v) is 8.47. The van der Waals surface area contributed by atoms with Crippen molar-refractivity contribution in [3.05, 3.63) is 0 Å². The highest BCUT2D eigenvalue weighted by atomic mass is 16.5. The Hall–Kier alpha value is -0.530. The summed E-state index contributed by atoms with van der Waals surface area (Å²) in [6, 6.07) is 0. The molecule has 0 aliphatic carbocycles. The summed E-state index contributed by atoms with van der Waals surface area (Å²) in [5, 5.41) is 0. The first-order valence-corrected chi connectivity index (χ1v) is 12.4. The van der Waals surface area contributed by atoms with Gasteiger partial charge in [0.05, 0.1) is 6.61 Å². The molecule has 1 unspecified atom stereocenters. The fourth-order valence-electron chi connectivity index (χ4n) is 3.72. The average molecular weight is 383 g/mol. The summed E-state index contributed by atoms with van der Waals surface area (Å²) in [6.45, 7) is 7.43. The highest BCUT2D eigenvalue weighted by Gasteiger charge is 2.12. The molecule has 0 aliphatic rings. The minimum Gasteiger partial charge on any atom is -0.465 e. The van der Waals surface area contributed by atoms with Crippen molar-refractivity contribution in [2.24, 2.45) is 5.92 Å². The normalized spacial score (nSPS) is 12.3. The molecule has 0 saturated carbocycles. The van der Waals surface area contributed by atoms with Gasteiger partial charge in [-0.1, -0.05) is 117 Å². The van der Waals surface area contributed by atoms with E-state index in [0.717, 1.165) is 6.42 Å². The van der Waals surface area contributed by atoms with E-state index in [1.54, 1.807) is 0 Å². The van der Waals surface area contributed by atoms with Gasteiger partial charge in [-0.2, -0.15) is 0 Å². The molecule has 0 radical (unpaired) electrons. The van der Waals surface area contributed by atoms with Crippen LogP contribution < -0.4 is 0 Å². The summed E-state index contributed by atoms with van der Waals surface area (Å²) < 4.78 is 5.63. The first-order chi connectivity index (χ1) is 13.2. The lowest BCUT2D eigenvalue weighted by Gasteiger charge is -2.17. The molecule has 27 heavy (non-hydrogen) atoms. The van der Waals surface area contributed by atoms with Crippen LogP contribution in [-0.2, 0) is 9.53 Å². The summed E-state index contributed by atoms with van der Waals surface area (Å²) >= 11 is 0. The second-order valence-electron chi connectivity index (χ2n) is 8.47. The Labute approximate surface area is 171 Å². The lowest BCUT2D eigenvalue weighted by Crippen LogP contribution is -2.14. The predicted molar refractivity (Wildman–Crippen MR) is 119 cm³/mol. The minimum absolute atomic E-state index is 0.0347. The lowest BCUT2D eigenvalue weighted by atomic mass is 9.95. The Bertz CT molecular complexity index is 301. The summed E-state index contributed by atoms with van der Waals surface area (Å²) in [5.74, 6) is 0.619. The number of carbonyl (C=O) groups is 1. The number of hydrogen-bond acceptors (Lipinski definition) is 2. The van der Waals surface area contributed by atoms with Crippen LogP contribution in [0.4, 0.5) is 0 Å². The van der Waals surface area contributed by atoms with E-state index in [0.29, 0.717) is 18.9 Å². The molecule has 0 N–H and O–H groups in total. The van der Waals surface area contributed by atoms with E-state index in [1.165, 1.54) is 109 Å².